The molecular formula is C26H35N3O4. The lowest BCUT2D eigenvalue weighted by Gasteiger charge is -2.30. The molecule has 1 heterocycles. The van der Waals surface area contributed by atoms with Crippen LogP contribution in [0.4, 0.5) is 0 Å². The fourth-order valence-electron chi connectivity index (χ4n) is 4.24. The molecule has 33 heavy (non-hydrogen) atoms. The summed E-state index contributed by atoms with van der Waals surface area (Å²) in [5.41, 5.74) is 1.55. The van der Waals surface area contributed by atoms with Crippen LogP contribution in [0.15, 0.2) is 48.5 Å². The zero-order chi connectivity index (χ0) is 23.8. The number of hydrogen-bond acceptors (Lipinski definition) is 5. The first kappa shape index (κ1) is 24.6. The quantitative estimate of drug-likeness (QED) is 0.576. The van der Waals surface area contributed by atoms with Crippen LogP contribution in [0.5, 0.6) is 11.5 Å². The SMILES string of the molecule is COc1ccc(C(=O)N[C@H](C(=O)NC[C@H](c2ccccc2OC)N2CCCC2)C(C)C)cc1. The van der Waals surface area contributed by atoms with Crippen molar-refractivity contribution in [3.05, 3.63) is 59.7 Å². The molecule has 0 aromatic heterocycles. The number of carbonyl (C=O) groups excluding carboxylic acids is 2. The maximum Gasteiger partial charge on any atom is 0.251 e. The van der Waals surface area contributed by atoms with Gasteiger partial charge < -0.3 is 20.1 Å². The standard InChI is InChI=1S/C26H35N3O4/c1-18(2)24(28-25(30)19-11-13-20(32-3)14-12-19)26(31)27-17-22(29-15-7-8-16-29)21-9-5-6-10-23(21)33-4/h5-6,9-14,18,22,24H,7-8,15-17H2,1-4H3,(H,27,31)(H,28,30)/t22-,24+/m1/s1. The largest absolute Gasteiger partial charge is 0.497 e. The maximum absolute atomic E-state index is 13.2. The van der Waals surface area contributed by atoms with E-state index in [2.05, 4.69) is 21.6 Å². The average molecular weight is 454 g/mol. The summed E-state index contributed by atoms with van der Waals surface area (Å²) in [6.07, 6.45) is 2.29. The van der Waals surface area contributed by atoms with Crippen molar-refractivity contribution in [2.75, 3.05) is 33.9 Å². The van der Waals surface area contributed by atoms with Crippen LogP contribution in [0.1, 0.15) is 48.7 Å². The number of likely N-dealkylation sites (tertiary alicyclic amines) is 1. The first-order valence-corrected chi connectivity index (χ1v) is 11.5. The van der Waals surface area contributed by atoms with Crippen molar-refractivity contribution in [3.8, 4) is 11.5 Å². The highest BCUT2D eigenvalue weighted by atomic mass is 16.5. The molecule has 0 aliphatic carbocycles. The molecule has 2 amide bonds. The highest BCUT2D eigenvalue weighted by molar-refractivity contribution is 5.97. The van der Waals surface area contributed by atoms with Crippen molar-refractivity contribution in [2.24, 2.45) is 5.92 Å². The molecule has 1 saturated heterocycles. The van der Waals surface area contributed by atoms with Gasteiger partial charge in [0.05, 0.1) is 20.3 Å². The second kappa shape index (κ2) is 11.7. The first-order valence-electron chi connectivity index (χ1n) is 11.5. The van der Waals surface area contributed by atoms with E-state index in [0.717, 1.165) is 37.2 Å². The van der Waals surface area contributed by atoms with E-state index in [4.69, 9.17) is 9.47 Å². The molecule has 3 rings (SSSR count). The minimum absolute atomic E-state index is 0.0118. The molecule has 7 heteroatoms. The molecule has 1 aliphatic heterocycles. The Balaban J connectivity index is 1.70. The van der Waals surface area contributed by atoms with Crippen LogP contribution in [0, 0.1) is 5.92 Å². The molecule has 0 spiro atoms. The summed E-state index contributed by atoms with van der Waals surface area (Å²) in [5.74, 6) is 0.952. The number of hydrogen-bond donors (Lipinski definition) is 2. The Morgan fingerprint density at radius 2 is 1.64 bits per heavy atom. The lowest BCUT2D eigenvalue weighted by molar-refractivity contribution is -0.124. The molecule has 178 valence electrons. The molecule has 2 atom stereocenters. The number of amides is 2. The van der Waals surface area contributed by atoms with Gasteiger partial charge in [-0.1, -0.05) is 32.0 Å². The van der Waals surface area contributed by atoms with Gasteiger partial charge in [-0.05, 0) is 62.2 Å². The highest BCUT2D eigenvalue weighted by Crippen LogP contribution is 2.31. The van der Waals surface area contributed by atoms with Crippen molar-refractivity contribution in [2.45, 2.75) is 38.8 Å². The van der Waals surface area contributed by atoms with Crippen LogP contribution >= 0.6 is 0 Å². The Morgan fingerprint density at radius 1 is 0.970 bits per heavy atom. The normalized spacial score (nSPS) is 15.7. The summed E-state index contributed by atoms with van der Waals surface area (Å²) in [5, 5.41) is 5.99. The number of nitrogens with one attached hydrogen (secondary N) is 2. The van der Waals surface area contributed by atoms with Gasteiger partial charge in [-0.2, -0.15) is 0 Å². The zero-order valence-corrected chi connectivity index (χ0v) is 20.0. The van der Waals surface area contributed by atoms with Crippen LogP contribution in [0.25, 0.3) is 0 Å². The third-order valence-electron chi connectivity index (χ3n) is 6.14. The lowest BCUT2D eigenvalue weighted by Crippen LogP contribution is -2.51. The summed E-state index contributed by atoms with van der Waals surface area (Å²) >= 11 is 0. The monoisotopic (exact) mass is 453 g/mol. The molecule has 2 N–H and O–H groups in total. The number of benzene rings is 2. The van der Waals surface area contributed by atoms with E-state index in [1.165, 1.54) is 0 Å². The third kappa shape index (κ3) is 6.26. The van der Waals surface area contributed by atoms with E-state index in [1.807, 2.05) is 32.0 Å². The topological polar surface area (TPSA) is 79.9 Å². The number of rotatable bonds is 10. The average Bonchev–Trinajstić information content (AvgIpc) is 3.37. The molecule has 2 aromatic rings. The van der Waals surface area contributed by atoms with Crippen molar-refractivity contribution < 1.29 is 19.1 Å². The highest BCUT2D eigenvalue weighted by Gasteiger charge is 2.29. The fraction of sp³-hybridized carbons (Fsp3) is 0.462. The Labute approximate surface area is 196 Å². The molecule has 0 unspecified atom stereocenters. The van der Waals surface area contributed by atoms with Gasteiger partial charge >= 0.3 is 0 Å². The van der Waals surface area contributed by atoms with Gasteiger partial charge in [-0.25, -0.2) is 0 Å². The second-order valence-electron chi connectivity index (χ2n) is 8.67. The molecule has 0 radical (unpaired) electrons. The van der Waals surface area contributed by atoms with Crippen molar-refractivity contribution >= 4 is 11.8 Å². The molecule has 2 aromatic carbocycles. The van der Waals surface area contributed by atoms with Crippen molar-refractivity contribution in [1.82, 2.24) is 15.5 Å². The molecule has 0 saturated carbocycles. The predicted octanol–water partition coefficient (Wildman–Crippen LogP) is 3.41. The van der Waals surface area contributed by atoms with Crippen LogP contribution in [-0.2, 0) is 4.79 Å². The van der Waals surface area contributed by atoms with Crippen molar-refractivity contribution in [1.29, 1.82) is 0 Å². The van der Waals surface area contributed by atoms with Crippen LogP contribution < -0.4 is 20.1 Å². The Morgan fingerprint density at radius 3 is 2.24 bits per heavy atom. The number of carbonyl (C=O) groups is 2. The lowest BCUT2D eigenvalue weighted by atomic mass is 10.0. The van der Waals surface area contributed by atoms with Crippen LogP contribution in [-0.4, -0.2) is 56.6 Å². The number of para-hydroxylation sites is 1. The smallest absolute Gasteiger partial charge is 0.251 e. The summed E-state index contributed by atoms with van der Waals surface area (Å²) in [7, 11) is 3.25. The first-order chi connectivity index (χ1) is 15.9. The maximum atomic E-state index is 13.2. The Bertz CT molecular complexity index is 923. The number of methoxy groups -OCH3 is 2. The second-order valence-corrected chi connectivity index (χ2v) is 8.67. The molecule has 1 fully saturated rings. The van der Waals surface area contributed by atoms with Gasteiger partial charge in [0, 0.05) is 17.7 Å². The summed E-state index contributed by atoms with van der Waals surface area (Å²) < 4.78 is 10.7. The van der Waals surface area contributed by atoms with Crippen LogP contribution in [0.2, 0.25) is 0 Å². The molecule has 7 nitrogen and oxygen atoms in total. The summed E-state index contributed by atoms with van der Waals surface area (Å²) in [6.45, 7) is 6.27. The van der Waals surface area contributed by atoms with Crippen LogP contribution in [0.3, 0.4) is 0 Å². The number of nitrogens with zero attached hydrogens (tertiary/aromatic N) is 1. The Hall–Kier alpha value is -3.06. The summed E-state index contributed by atoms with van der Waals surface area (Å²) in [4.78, 5) is 28.3. The van der Waals surface area contributed by atoms with Crippen molar-refractivity contribution in [3.63, 3.8) is 0 Å². The summed E-state index contributed by atoms with van der Waals surface area (Å²) in [6, 6.07) is 14.2. The van der Waals surface area contributed by atoms with Gasteiger partial charge in [0.15, 0.2) is 0 Å². The van der Waals surface area contributed by atoms with Gasteiger partial charge in [0.25, 0.3) is 5.91 Å². The number of ether oxygens (including phenoxy) is 2. The molecular weight excluding hydrogens is 418 g/mol. The zero-order valence-electron chi connectivity index (χ0n) is 20.0. The van der Waals surface area contributed by atoms with E-state index < -0.39 is 6.04 Å². The van der Waals surface area contributed by atoms with E-state index in [-0.39, 0.29) is 23.8 Å². The van der Waals surface area contributed by atoms with Gasteiger partial charge in [-0.3, -0.25) is 14.5 Å². The van der Waals surface area contributed by atoms with E-state index in [9.17, 15) is 9.59 Å². The van der Waals surface area contributed by atoms with Gasteiger partial charge in [0.1, 0.15) is 17.5 Å². The Kier molecular flexibility index (Phi) is 8.72. The molecule has 0 bridgehead atoms. The predicted molar refractivity (Wildman–Crippen MR) is 129 cm³/mol. The van der Waals surface area contributed by atoms with E-state index in [0.29, 0.717) is 17.9 Å². The van der Waals surface area contributed by atoms with E-state index in [1.54, 1.807) is 38.5 Å². The van der Waals surface area contributed by atoms with E-state index >= 15 is 0 Å². The minimum atomic E-state index is -0.642. The third-order valence-corrected chi connectivity index (χ3v) is 6.14. The molecule has 1 aliphatic rings. The fourth-order valence-corrected chi connectivity index (χ4v) is 4.24. The van der Waals surface area contributed by atoms with Gasteiger partial charge in [-0.15, -0.1) is 0 Å². The minimum Gasteiger partial charge on any atom is -0.497 e. The van der Waals surface area contributed by atoms with Gasteiger partial charge in [0.2, 0.25) is 5.91 Å².